The lowest BCUT2D eigenvalue weighted by Crippen LogP contribution is -2.27. The number of hydrogen-bond acceptors (Lipinski definition) is 6. The number of aromatic nitrogens is 3. The number of rotatable bonds is 8. The number of hydrogen-bond donors (Lipinski definition) is 1. The van der Waals surface area contributed by atoms with Crippen molar-refractivity contribution in [2.45, 2.75) is 12.8 Å². The highest BCUT2D eigenvalue weighted by atomic mass is 16.5. The minimum atomic E-state index is -0.0789. The van der Waals surface area contributed by atoms with E-state index in [4.69, 9.17) is 9.15 Å². The highest BCUT2D eigenvalue weighted by molar-refractivity contribution is 5.75. The van der Waals surface area contributed by atoms with Gasteiger partial charge >= 0.3 is 0 Å². The summed E-state index contributed by atoms with van der Waals surface area (Å²) in [4.78, 5) is 15.7. The van der Waals surface area contributed by atoms with Gasteiger partial charge in [0.25, 0.3) is 0 Å². The Hall–Kier alpha value is -3.22. The van der Waals surface area contributed by atoms with E-state index < -0.39 is 0 Å². The Labute approximate surface area is 145 Å². The molecule has 0 unspecified atom stereocenters. The lowest BCUT2D eigenvalue weighted by atomic mass is 10.3. The van der Waals surface area contributed by atoms with Crippen LogP contribution in [-0.2, 0) is 11.2 Å². The molecule has 1 aromatic carbocycles. The van der Waals surface area contributed by atoms with Gasteiger partial charge in [0.05, 0.1) is 13.0 Å². The fourth-order valence-electron chi connectivity index (χ4n) is 2.14. The first-order valence-corrected chi connectivity index (χ1v) is 7.98. The molecular weight excluding hydrogens is 320 g/mol. The minimum Gasteiger partial charge on any atom is -0.493 e. The number of amides is 1. The van der Waals surface area contributed by atoms with Crippen LogP contribution < -0.4 is 10.1 Å². The number of nitrogens with zero attached hydrogens (tertiary/aromatic N) is 3. The molecular formula is C18H18N4O3. The van der Waals surface area contributed by atoms with Crippen molar-refractivity contribution in [2.24, 2.45) is 0 Å². The smallest absolute Gasteiger partial charge is 0.247 e. The first-order valence-electron chi connectivity index (χ1n) is 7.98. The molecule has 0 aliphatic carbocycles. The van der Waals surface area contributed by atoms with E-state index in [0.29, 0.717) is 37.8 Å². The molecule has 0 aliphatic heterocycles. The SMILES string of the molecule is O=C(CCOc1ccccc1)NCCc1nnc(-c2ccncc2)o1. The van der Waals surface area contributed by atoms with Crippen molar-refractivity contribution in [1.82, 2.24) is 20.5 Å². The monoisotopic (exact) mass is 338 g/mol. The first-order chi connectivity index (χ1) is 12.3. The van der Waals surface area contributed by atoms with Crippen LogP contribution >= 0.6 is 0 Å². The predicted octanol–water partition coefficient (Wildman–Crippen LogP) is 2.26. The van der Waals surface area contributed by atoms with Crippen molar-refractivity contribution in [2.75, 3.05) is 13.2 Å². The van der Waals surface area contributed by atoms with Crippen molar-refractivity contribution in [3.8, 4) is 17.2 Å². The van der Waals surface area contributed by atoms with Gasteiger partial charge in [-0.05, 0) is 24.3 Å². The van der Waals surface area contributed by atoms with Gasteiger partial charge in [0.2, 0.25) is 17.7 Å². The summed E-state index contributed by atoms with van der Waals surface area (Å²) in [6, 6.07) is 13.0. The lowest BCUT2D eigenvalue weighted by Gasteiger charge is -2.06. The second-order valence-electron chi connectivity index (χ2n) is 5.25. The van der Waals surface area contributed by atoms with Crippen molar-refractivity contribution in [3.05, 3.63) is 60.7 Å². The average Bonchev–Trinajstić information content (AvgIpc) is 3.12. The zero-order chi connectivity index (χ0) is 17.3. The molecule has 0 aliphatic rings. The minimum absolute atomic E-state index is 0.0789. The van der Waals surface area contributed by atoms with E-state index in [1.165, 1.54) is 0 Å². The van der Waals surface area contributed by atoms with Crippen LogP contribution in [0.2, 0.25) is 0 Å². The van der Waals surface area contributed by atoms with Gasteiger partial charge in [0, 0.05) is 30.9 Å². The maximum atomic E-state index is 11.8. The Morgan fingerprint density at radius 3 is 2.68 bits per heavy atom. The van der Waals surface area contributed by atoms with E-state index in [1.807, 2.05) is 30.3 Å². The molecule has 0 saturated carbocycles. The Bertz CT molecular complexity index is 790. The van der Waals surface area contributed by atoms with Crippen LogP contribution in [-0.4, -0.2) is 34.2 Å². The maximum Gasteiger partial charge on any atom is 0.247 e. The van der Waals surface area contributed by atoms with Crippen molar-refractivity contribution >= 4 is 5.91 Å². The van der Waals surface area contributed by atoms with Gasteiger partial charge < -0.3 is 14.5 Å². The number of carbonyl (C=O) groups is 1. The summed E-state index contributed by atoms with van der Waals surface area (Å²) in [5, 5.41) is 10.8. The van der Waals surface area contributed by atoms with Crippen molar-refractivity contribution in [3.63, 3.8) is 0 Å². The number of para-hydroxylation sites is 1. The number of ether oxygens (including phenoxy) is 1. The Balaban J connectivity index is 1.36. The van der Waals surface area contributed by atoms with E-state index in [9.17, 15) is 4.79 Å². The second kappa shape index (κ2) is 8.58. The van der Waals surface area contributed by atoms with Gasteiger partial charge in [0.15, 0.2) is 0 Å². The van der Waals surface area contributed by atoms with Gasteiger partial charge in [-0.1, -0.05) is 18.2 Å². The van der Waals surface area contributed by atoms with E-state index in [-0.39, 0.29) is 5.91 Å². The van der Waals surface area contributed by atoms with Crippen LogP contribution in [0.1, 0.15) is 12.3 Å². The normalized spacial score (nSPS) is 10.4. The topological polar surface area (TPSA) is 90.1 Å². The molecule has 7 nitrogen and oxygen atoms in total. The van der Waals surface area contributed by atoms with E-state index in [0.717, 1.165) is 11.3 Å². The molecule has 0 fully saturated rings. The zero-order valence-corrected chi connectivity index (χ0v) is 13.6. The third-order valence-corrected chi connectivity index (χ3v) is 3.40. The summed E-state index contributed by atoms with van der Waals surface area (Å²) in [5.74, 6) is 1.60. The van der Waals surface area contributed by atoms with Gasteiger partial charge in [0.1, 0.15) is 5.75 Å². The molecule has 2 heterocycles. The molecule has 3 rings (SSSR count). The summed E-state index contributed by atoms with van der Waals surface area (Å²) in [6.07, 6.45) is 4.10. The average molecular weight is 338 g/mol. The van der Waals surface area contributed by atoms with E-state index >= 15 is 0 Å². The molecule has 1 amide bonds. The largest absolute Gasteiger partial charge is 0.493 e. The Kier molecular flexibility index (Phi) is 5.71. The summed E-state index contributed by atoms with van der Waals surface area (Å²) >= 11 is 0. The molecule has 2 aromatic heterocycles. The van der Waals surface area contributed by atoms with Gasteiger partial charge in [-0.25, -0.2) is 0 Å². The number of benzene rings is 1. The quantitative estimate of drug-likeness (QED) is 0.677. The summed E-state index contributed by atoms with van der Waals surface area (Å²) < 4.78 is 11.1. The maximum absolute atomic E-state index is 11.8. The van der Waals surface area contributed by atoms with E-state index in [1.54, 1.807) is 24.5 Å². The van der Waals surface area contributed by atoms with Gasteiger partial charge in [-0.2, -0.15) is 0 Å². The standard InChI is InChI=1S/C18H18N4O3/c23-16(9-13-24-15-4-2-1-3-5-15)20-12-8-17-21-22-18(25-17)14-6-10-19-11-7-14/h1-7,10-11H,8-9,12-13H2,(H,20,23). The van der Waals surface area contributed by atoms with Gasteiger partial charge in [-0.15, -0.1) is 10.2 Å². The number of carbonyl (C=O) groups excluding carboxylic acids is 1. The summed E-state index contributed by atoms with van der Waals surface area (Å²) in [5.41, 5.74) is 0.816. The van der Waals surface area contributed by atoms with E-state index in [2.05, 4.69) is 20.5 Å². The first kappa shape index (κ1) is 16.6. The third kappa shape index (κ3) is 5.13. The highest BCUT2D eigenvalue weighted by Crippen LogP contribution is 2.16. The highest BCUT2D eigenvalue weighted by Gasteiger charge is 2.09. The van der Waals surface area contributed by atoms with Crippen LogP contribution in [0.25, 0.3) is 11.5 Å². The molecule has 0 bridgehead atoms. The fourth-order valence-corrected chi connectivity index (χ4v) is 2.14. The molecule has 3 aromatic rings. The van der Waals surface area contributed by atoms with Crippen LogP contribution in [0.15, 0.2) is 59.3 Å². The molecule has 0 spiro atoms. The third-order valence-electron chi connectivity index (χ3n) is 3.40. The molecule has 7 heteroatoms. The summed E-state index contributed by atoms with van der Waals surface area (Å²) in [6.45, 7) is 0.769. The summed E-state index contributed by atoms with van der Waals surface area (Å²) in [7, 11) is 0. The Morgan fingerprint density at radius 2 is 1.88 bits per heavy atom. The molecule has 0 saturated heterocycles. The molecule has 0 atom stereocenters. The zero-order valence-electron chi connectivity index (χ0n) is 13.6. The number of nitrogens with one attached hydrogen (secondary N) is 1. The number of pyridine rings is 1. The van der Waals surface area contributed by atoms with Crippen LogP contribution in [0.5, 0.6) is 5.75 Å². The second-order valence-corrected chi connectivity index (χ2v) is 5.25. The predicted molar refractivity (Wildman–Crippen MR) is 90.8 cm³/mol. The van der Waals surface area contributed by atoms with Crippen LogP contribution in [0.4, 0.5) is 0 Å². The molecule has 0 radical (unpaired) electrons. The van der Waals surface area contributed by atoms with Crippen LogP contribution in [0, 0.1) is 0 Å². The van der Waals surface area contributed by atoms with Gasteiger partial charge in [-0.3, -0.25) is 9.78 Å². The van der Waals surface area contributed by atoms with Crippen LogP contribution in [0.3, 0.4) is 0 Å². The fraction of sp³-hybridized carbons (Fsp3) is 0.222. The molecule has 1 N–H and O–H groups in total. The van der Waals surface area contributed by atoms with Crippen molar-refractivity contribution in [1.29, 1.82) is 0 Å². The molecule has 25 heavy (non-hydrogen) atoms. The molecule has 128 valence electrons. The lowest BCUT2D eigenvalue weighted by molar-refractivity contribution is -0.121. The Morgan fingerprint density at radius 1 is 1.08 bits per heavy atom. The van der Waals surface area contributed by atoms with Crippen molar-refractivity contribution < 1.29 is 13.9 Å².